The second kappa shape index (κ2) is 7.09. The van der Waals surface area contributed by atoms with Gasteiger partial charge in [0.15, 0.2) is 0 Å². The average molecular weight is 304 g/mol. The first-order valence-corrected chi connectivity index (χ1v) is 7.26. The summed E-state index contributed by atoms with van der Waals surface area (Å²) >= 11 is 6.14. The molecule has 1 aromatic carbocycles. The Labute approximate surface area is 129 Å². The van der Waals surface area contributed by atoms with Gasteiger partial charge in [0, 0.05) is 12.7 Å². The van der Waals surface area contributed by atoms with Gasteiger partial charge in [0.1, 0.15) is 5.82 Å². The van der Waals surface area contributed by atoms with E-state index in [0.717, 1.165) is 18.5 Å². The van der Waals surface area contributed by atoms with Crippen LogP contribution >= 0.6 is 11.6 Å². The van der Waals surface area contributed by atoms with Gasteiger partial charge in [-0.15, -0.1) is 0 Å². The maximum atomic E-state index is 12.4. The monoisotopic (exact) mass is 303 g/mol. The lowest BCUT2D eigenvalue weighted by molar-refractivity contribution is 0.102. The van der Waals surface area contributed by atoms with Crippen molar-refractivity contribution in [2.24, 2.45) is 0 Å². The molecule has 1 amide bonds. The second-order valence-corrected chi connectivity index (χ2v) is 5.17. The zero-order chi connectivity index (χ0) is 15.2. The van der Waals surface area contributed by atoms with E-state index in [2.05, 4.69) is 22.5 Å². The van der Waals surface area contributed by atoms with Crippen LogP contribution in [0, 0.1) is 6.92 Å². The molecule has 2 rings (SSSR count). The minimum atomic E-state index is -0.229. The Morgan fingerprint density at radius 3 is 2.86 bits per heavy atom. The first-order valence-electron chi connectivity index (χ1n) is 6.88. The number of carbonyl (C=O) groups is 1. The molecule has 0 fully saturated rings. The third kappa shape index (κ3) is 3.95. The first-order chi connectivity index (χ1) is 10.1. The lowest BCUT2D eigenvalue weighted by Crippen LogP contribution is -2.16. The van der Waals surface area contributed by atoms with Crippen LogP contribution in [-0.4, -0.2) is 17.4 Å². The van der Waals surface area contributed by atoms with Crippen molar-refractivity contribution in [1.82, 2.24) is 4.98 Å². The smallest absolute Gasteiger partial charge is 0.259 e. The van der Waals surface area contributed by atoms with Crippen LogP contribution in [0.1, 0.15) is 29.3 Å². The number of aromatic nitrogens is 1. The van der Waals surface area contributed by atoms with Crippen molar-refractivity contribution < 1.29 is 4.79 Å². The molecule has 0 radical (unpaired) electrons. The van der Waals surface area contributed by atoms with Gasteiger partial charge in [-0.05, 0) is 43.2 Å². The molecule has 0 atom stereocenters. The molecule has 1 heterocycles. The molecule has 0 bridgehead atoms. The van der Waals surface area contributed by atoms with Crippen molar-refractivity contribution in [3.63, 3.8) is 0 Å². The molecule has 21 heavy (non-hydrogen) atoms. The fraction of sp³-hybridized carbons (Fsp3) is 0.250. The Bertz CT molecular complexity index is 643. The maximum absolute atomic E-state index is 12.4. The number of pyridine rings is 1. The van der Waals surface area contributed by atoms with E-state index in [4.69, 9.17) is 11.6 Å². The summed E-state index contributed by atoms with van der Waals surface area (Å²) in [5.74, 6) is 0.354. The molecule has 0 saturated heterocycles. The quantitative estimate of drug-likeness (QED) is 0.873. The molecular weight excluding hydrogens is 286 g/mol. The van der Waals surface area contributed by atoms with Gasteiger partial charge in [-0.25, -0.2) is 4.98 Å². The summed E-state index contributed by atoms with van der Waals surface area (Å²) in [6.07, 6.45) is 2.62. The number of benzene rings is 1. The molecule has 0 aliphatic heterocycles. The molecule has 0 aliphatic carbocycles. The van der Waals surface area contributed by atoms with Gasteiger partial charge >= 0.3 is 0 Å². The summed E-state index contributed by atoms with van der Waals surface area (Å²) in [5.41, 5.74) is 2.14. The molecule has 0 saturated carbocycles. The SMILES string of the molecule is CCCNc1ncccc1C(=O)Nc1ccc(C)cc1Cl. The van der Waals surface area contributed by atoms with Gasteiger partial charge in [-0.2, -0.15) is 0 Å². The molecular formula is C16H18ClN3O. The van der Waals surface area contributed by atoms with Crippen molar-refractivity contribution in [1.29, 1.82) is 0 Å². The molecule has 0 unspecified atom stereocenters. The van der Waals surface area contributed by atoms with Gasteiger partial charge in [0.05, 0.1) is 16.3 Å². The van der Waals surface area contributed by atoms with Crippen LogP contribution in [0.3, 0.4) is 0 Å². The Balaban J connectivity index is 2.20. The highest BCUT2D eigenvalue weighted by Crippen LogP contribution is 2.24. The fourth-order valence-electron chi connectivity index (χ4n) is 1.88. The van der Waals surface area contributed by atoms with Crippen LogP contribution in [0.15, 0.2) is 36.5 Å². The number of rotatable bonds is 5. The number of aryl methyl sites for hydroxylation is 1. The van der Waals surface area contributed by atoms with E-state index in [-0.39, 0.29) is 5.91 Å². The van der Waals surface area contributed by atoms with Crippen LogP contribution in [0.25, 0.3) is 0 Å². The van der Waals surface area contributed by atoms with Gasteiger partial charge in [0.2, 0.25) is 0 Å². The summed E-state index contributed by atoms with van der Waals surface area (Å²) < 4.78 is 0. The van der Waals surface area contributed by atoms with E-state index < -0.39 is 0 Å². The highest BCUT2D eigenvalue weighted by molar-refractivity contribution is 6.34. The largest absolute Gasteiger partial charge is 0.369 e. The molecule has 110 valence electrons. The summed E-state index contributed by atoms with van der Waals surface area (Å²) in [4.78, 5) is 16.6. The Morgan fingerprint density at radius 1 is 1.33 bits per heavy atom. The van der Waals surface area contributed by atoms with Gasteiger partial charge in [0.25, 0.3) is 5.91 Å². The molecule has 4 nitrogen and oxygen atoms in total. The first kappa shape index (κ1) is 15.3. The van der Waals surface area contributed by atoms with E-state index in [1.807, 2.05) is 19.1 Å². The summed E-state index contributed by atoms with van der Waals surface area (Å²) in [5, 5.41) is 6.49. The summed E-state index contributed by atoms with van der Waals surface area (Å²) in [6.45, 7) is 4.77. The van der Waals surface area contributed by atoms with E-state index in [0.29, 0.717) is 22.1 Å². The molecule has 2 aromatic rings. The van der Waals surface area contributed by atoms with E-state index in [1.165, 1.54) is 0 Å². The average Bonchev–Trinajstić information content (AvgIpc) is 2.48. The molecule has 1 aromatic heterocycles. The normalized spacial score (nSPS) is 10.2. The topological polar surface area (TPSA) is 54.0 Å². The third-order valence-electron chi connectivity index (χ3n) is 2.97. The zero-order valence-corrected chi connectivity index (χ0v) is 12.9. The Morgan fingerprint density at radius 2 is 2.14 bits per heavy atom. The lowest BCUT2D eigenvalue weighted by Gasteiger charge is -2.11. The number of amides is 1. The number of carbonyl (C=O) groups excluding carboxylic acids is 1. The van der Waals surface area contributed by atoms with Crippen molar-refractivity contribution in [2.45, 2.75) is 20.3 Å². The molecule has 0 spiro atoms. The van der Waals surface area contributed by atoms with Crippen molar-refractivity contribution in [2.75, 3.05) is 17.2 Å². The predicted octanol–water partition coefficient (Wildman–Crippen LogP) is 4.12. The second-order valence-electron chi connectivity index (χ2n) is 4.76. The van der Waals surface area contributed by atoms with Gasteiger partial charge in [-0.1, -0.05) is 24.6 Å². The predicted molar refractivity (Wildman–Crippen MR) is 87.2 cm³/mol. The molecule has 2 N–H and O–H groups in total. The van der Waals surface area contributed by atoms with Crippen LogP contribution in [0.2, 0.25) is 5.02 Å². The fourth-order valence-corrected chi connectivity index (χ4v) is 2.17. The highest BCUT2D eigenvalue weighted by atomic mass is 35.5. The Kier molecular flexibility index (Phi) is 5.17. The number of anilines is 2. The summed E-state index contributed by atoms with van der Waals surface area (Å²) in [7, 11) is 0. The minimum Gasteiger partial charge on any atom is -0.369 e. The minimum absolute atomic E-state index is 0.229. The number of halogens is 1. The van der Waals surface area contributed by atoms with Crippen LogP contribution < -0.4 is 10.6 Å². The number of nitrogens with one attached hydrogen (secondary N) is 2. The summed E-state index contributed by atoms with van der Waals surface area (Å²) in [6, 6.07) is 8.99. The Hall–Kier alpha value is -2.07. The van der Waals surface area contributed by atoms with Crippen LogP contribution in [0.5, 0.6) is 0 Å². The number of hydrogen-bond acceptors (Lipinski definition) is 3. The van der Waals surface area contributed by atoms with E-state index in [9.17, 15) is 4.79 Å². The standard InChI is InChI=1S/C16H18ClN3O/c1-3-8-18-15-12(5-4-9-19-15)16(21)20-14-7-6-11(2)10-13(14)17/h4-7,9-10H,3,8H2,1-2H3,(H,18,19)(H,20,21). The van der Waals surface area contributed by atoms with Crippen molar-refractivity contribution in [3.05, 3.63) is 52.7 Å². The van der Waals surface area contributed by atoms with Crippen molar-refractivity contribution >= 4 is 29.0 Å². The van der Waals surface area contributed by atoms with E-state index >= 15 is 0 Å². The molecule has 0 aliphatic rings. The van der Waals surface area contributed by atoms with E-state index in [1.54, 1.807) is 24.4 Å². The van der Waals surface area contributed by atoms with Gasteiger partial charge in [-0.3, -0.25) is 4.79 Å². The zero-order valence-electron chi connectivity index (χ0n) is 12.1. The third-order valence-corrected chi connectivity index (χ3v) is 3.28. The number of nitrogens with zero attached hydrogens (tertiary/aromatic N) is 1. The van der Waals surface area contributed by atoms with Gasteiger partial charge < -0.3 is 10.6 Å². The molecule has 5 heteroatoms. The van der Waals surface area contributed by atoms with Crippen LogP contribution in [0.4, 0.5) is 11.5 Å². The number of hydrogen-bond donors (Lipinski definition) is 2. The highest BCUT2D eigenvalue weighted by Gasteiger charge is 2.13. The van der Waals surface area contributed by atoms with Crippen LogP contribution in [-0.2, 0) is 0 Å². The lowest BCUT2D eigenvalue weighted by atomic mass is 10.2. The van der Waals surface area contributed by atoms with Crippen molar-refractivity contribution in [3.8, 4) is 0 Å². The maximum Gasteiger partial charge on any atom is 0.259 e.